The van der Waals surface area contributed by atoms with Crippen molar-refractivity contribution in [2.45, 2.75) is 44.3 Å². The van der Waals surface area contributed by atoms with Crippen molar-refractivity contribution < 1.29 is 41.0 Å². The van der Waals surface area contributed by atoms with Crippen LogP contribution in [-0.2, 0) is 4.74 Å². The second kappa shape index (κ2) is 5.97. The van der Waals surface area contributed by atoms with E-state index in [1.54, 1.807) is 0 Å². The van der Waals surface area contributed by atoms with Gasteiger partial charge in [-0.25, -0.2) is 4.79 Å². The molecule has 12 heteroatoms. The van der Waals surface area contributed by atoms with Crippen molar-refractivity contribution in [2.24, 2.45) is 4.99 Å². The lowest BCUT2D eigenvalue weighted by Gasteiger charge is -2.30. The molecule has 24 heavy (non-hydrogen) atoms. The normalized spacial score (nSPS) is 15.8. The third-order valence-electron chi connectivity index (χ3n) is 2.42. The number of nitrogens with zero attached hydrogens (tertiary/aromatic N) is 2. The Hall–Kier alpha value is -2.29. The predicted octanol–water partition coefficient (Wildman–Crippen LogP) is 1.47. The van der Waals surface area contributed by atoms with Gasteiger partial charge in [0.25, 0.3) is 5.60 Å². The number of nitrogens with one attached hydrogen (secondary N) is 1. The summed E-state index contributed by atoms with van der Waals surface area (Å²) >= 11 is 0. The van der Waals surface area contributed by atoms with Gasteiger partial charge >= 0.3 is 24.4 Å². The fourth-order valence-electron chi connectivity index (χ4n) is 1.39. The Balaban J connectivity index is 3.21. The summed E-state index contributed by atoms with van der Waals surface area (Å²) in [6, 6.07) is 0. The molecule has 2 N–H and O–H groups in total. The van der Waals surface area contributed by atoms with Gasteiger partial charge in [0, 0.05) is 0 Å². The Bertz CT molecular complexity index is 645. The Labute approximate surface area is 131 Å². The topological polar surface area (TPSA) is 85.0 Å². The number of aliphatic hydroxyl groups is 1. The van der Waals surface area contributed by atoms with Crippen LogP contribution in [0, 0.1) is 0 Å². The maximum absolute atomic E-state index is 12.6. The molecule has 1 rings (SSSR count). The van der Waals surface area contributed by atoms with E-state index < -0.39 is 41.2 Å². The monoisotopic (exact) mass is 360 g/mol. The Morgan fingerprint density at radius 3 is 2.04 bits per heavy atom. The van der Waals surface area contributed by atoms with Crippen LogP contribution in [0.15, 0.2) is 10.6 Å². The van der Waals surface area contributed by atoms with E-state index >= 15 is 0 Å². The molecular formula is C12H12F6N3O3+. The number of guanidine groups is 1. The fourth-order valence-corrected chi connectivity index (χ4v) is 1.39. The van der Waals surface area contributed by atoms with Crippen LogP contribution < -0.4 is 9.98 Å². The van der Waals surface area contributed by atoms with E-state index in [0.29, 0.717) is 0 Å². The minimum Gasteiger partial charge on any atom is -0.432 e. The average Bonchev–Trinajstić information content (AvgIpc) is 2.33. The van der Waals surface area contributed by atoms with E-state index in [1.165, 1.54) is 26.6 Å². The van der Waals surface area contributed by atoms with Gasteiger partial charge in [0.15, 0.2) is 5.87 Å². The molecule has 134 valence electrons. The first-order chi connectivity index (χ1) is 10.6. The van der Waals surface area contributed by atoms with Crippen LogP contribution in [0.5, 0.6) is 0 Å². The van der Waals surface area contributed by atoms with Gasteiger partial charge < -0.3 is 9.84 Å². The van der Waals surface area contributed by atoms with Crippen molar-refractivity contribution in [1.82, 2.24) is 9.98 Å². The van der Waals surface area contributed by atoms with Crippen LogP contribution in [0.4, 0.5) is 31.1 Å². The number of hydrogen-bond acceptors (Lipinski definition) is 4. The lowest BCUT2D eigenvalue weighted by molar-refractivity contribution is -0.349. The van der Waals surface area contributed by atoms with E-state index in [0.717, 1.165) is 0 Å². The van der Waals surface area contributed by atoms with Gasteiger partial charge in [0.1, 0.15) is 17.4 Å². The molecule has 0 unspecified atom stereocenters. The predicted molar refractivity (Wildman–Crippen MR) is 70.6 cm³/mol. The molecule has 1 amide bonds. The summed E-state index contributed by atoms with van der Waals surface area (Å²) in [7, 11) is 0. The molecule has 1 aliphatic heterocycles. The highest BCUT2D eigenvalue weighted by Crippen LogP contribution is 2.46. The van der Waals surface area contributed by atoms with E-state index in [-0.39, 0.29) is 6.21 Å². The number of carbonyl (C=O) groups is 1. The molecule has 0 bridgehead atoms. The van der Waals surface area contributed by atoms with Gasteiger partial charge in [0.05, 0.1) is 0 Å². The summed E-state index contributed by atoms with van der Waals surface area (Å²) in [6.45, 7) is 4.57. The molecule has 1 aliphatic rings. The van der Waals surface area contributed by atoms with Crippen molar-refractivity contribution in [1.29, 1.82) is 0 Å². The molecule has 0 aromatic rings. The lowest BCUT2D eigenvalue weighted by atomic mass is 9.93. The summed E-state index contributed by atoms with van der Waals surface area (Å²) in [4.78, 5) is 14.5. The Morgan fingerprint density at radius 1 is 1.21 bits per heavy atom. The van der Waals surface area contributed by atoms with E-state index in [2.05, 4.69) is 9.66 Å². The van der Waals surface area contributed by atoms with Crippen molar-refractivity contribution in [3.63, 3.8) is 0 Å². The minimum atomic E-state index is -6.08. The molecule has 0 aliphatic carbocycles. The van der Waals surface area contributed by atoms with Crippen molar-refractivity contribution >= 4 is 24.1 Å². The number of aliphatic imine (C=N–C) groups is 1. The number of hydrogen-bond donors (Lipinski definition) is 2. The van der Waals surface area contributed by atoms with Crippen LogP contribution in [0.1, 0.15) is 20.8 Å². The van der Waals surface area contributed by atoms with Gasteiger partial charge in [-0.1, -0.05) is 4.99 Å². The maximum atomic E-state index is 12.6. The zero-order valence-corrected chi connectivity index (χ0v) is 12.5. The highest BCUT2D eigenvalue weighted by Gasteiger charge is 2.73. The molecule has 6 nitrogen and oxygen atoms in total. The number of alkyl halides is 6. The zero-order valence-electron chi connectivity index (χ0n) is 12.5. The minimum absolute atomic E-state index is 0.0562. The fraction of sp³-hybridized carbons (Fsp3) is 0.583. The van der Waals surface area contributed by atoms with Gasteiger partial charge in [-0.15, -0.1) is 0 Å². The standard InChI is InChI=1S/C12H11F6N3O3/c1-9(2,3)24-8(22)21-7-19-4-6(5-20-7)10(23,11(13,14)15)12(16,17)18/h4,23H,1-3H3/p+1. The third-order valence-corrected chi connectivity index (χ3v) is 2.42. The van der Waals surface area contributed by atoms with E-state index in [1.807, 2.05) is 5.32 Å². The van der Waals surface area contributed by atoms with Crippen LogP contribution in [0.2, 0.25) is 0 Å². The highest BCUT2D eigenvalue weighted by atomic mass is 19.4. The molecule has 0 saturated heterocycles. The summed E-state index contributed by atoms with van der Waals surface area (Å²) in [5.74, 6) is 0.733. The maximum Gasteiger partial charge on any atom is 0.499 e. The number of alkyl carbamates (subject to hydrolysis) is 1. The summed E-state index contributed by atoms with van der Waals surface area (Å²) in [5, 5.41) is 11.0. The quantitative estimate of drug-likeness (QED) is 0.549. The lowest BCUT2D eigenvalue weighted by Crippen LogP contribution is -2.59. The molecule has 0 saturated carbocycles. The van der Waals surface area contributed by atoms with Crippen LogP contribution in [-0.4, -0.2) is 52.8 Å². The van der Waals surface area contributed by atoms with Gasteiger partial charge in [-0.2, -0.15) is 36.3 Å². The average molecular weight is 360 g/mol. The van der Waals surface area contributed by atoms with Crippen LogP contribution in [0.3, 0.4) is 0 Å². The molecule has 0 aromatic heterocycles. The van der Waals surface area contributed by atoms with E-state index in [4.69, 9.17) is 9.84 Å². The zero-order chi connectivity index (χ0) is 19.0. The molecular weight excluding hydrogens is 348 g/mol. The van der Waals surface area contributed by atoms with Crippen molar-refractivity contribution in [2.75, 3.05) is 0 Å². The van der Waals surface area contributed by atoms with E-state index in [9.17, 15) is 31.1 Å². The Kier molecular flexibility index (Phi) is 4.91. The van der Waals surface area contributed by atoms with Gasteiger partial charge in [-0.05, 0) is 20.8 Å². The van der Waals surface area contributed by atoms with Gasteiger partial charge in [-0.3, -0.25) is 0 Å². The summed E-state index contributed by atoms with van der Waals surface area (Å²) < 4.78 is 83.7. The summed E-state index contributed by atoms with van der Waals surface area (Å²) in [6.07, 6.45) is -13.2. The molecule has 0 radical (unpaired) electrons. The summed E-state index contributed by atoms with van der Waals surface area (Å²) in [5.41, 5.74) is -7.86. The molecule has 0 spiro atoms. The van der Waals surface area contributed by atoms with Crippen LogP contribution in [0.25, 0.3) is 0 Å². The van der Waals surface area contributed by atoms with Crippen molar-refractivity contribution in [3.8, 4) is 0 Å². The highest BCUT2D eigenvalue weighted by molar-refractivity contribution is 6.06. The molecule has 1 heterocycles. The first-order valence-corrected chi connectivity index (χ1v) is 6.19. The second-order valence-electron chi connectivity index (χ2n) is 5.55. The number of halogens is 6. The molecule has 0 atom stereocenters. The smallest absolute Gasteiger partial charge is 0.432 e. The SMILES string of the molecule is CC(C)(C)OC(=O)NC1=[N+]=C=C(C(O)(C(F)(F)F)C(F)(F)F)C=N1. The molecule has 0 aromatic carbocycles. The first-order valence-electron chi connectivity index (χ1n) is 6.19. The largest absolute Gasteiger partial charge is 0.499 e. The number of ether oxygens (including phenoxy) is 1. The van der Waals surface area contributed by atoms with Gasteiger partial charge in [0.2, 0.25) is 0 Å². The number of rotatable bonds is 1. The first kappa shape index (κ1) is 19.8. The Morgan fingerprint density at radius 2 is 1.71 bits per heavy atom. The van der Waals surface area contributed by atoms with Crippen LogP contribution >= 0.6 is 0 Å². The third kappa shape index (κ3) is 4.16. The van der Waals surface area contributed by atoms with Crippen molar-refractivity contribution in [3.05, 3.63) is 5.57 Å². The second-order valence-corrected chi connectivity index (χ2v) is 5.55. The number of carbonyl (C=O) groups excluding carboxylic acids is 1. The molecule has 0 fully saturated rings. The number of amides is 1.